The monoisotopic (exact) mass is 336 g/mol. The van der Waals surface area contributed by atoms with Gasteiger partial charge in [0.2, 0.25) is 0 Å². The Labute approximate surface area is 127 Å². The quantitative estimate of drug-likeness (QED) is 0.624. The van der Waals surface area contributed by atoms with Crippen molar-refractivity contribution in [3.63, 3.8) is 0 Å². The van der Waals surface area contributed by atoms with Crippen LogP contribution in [0.5, 0.6) is 0 Å². The molecule has 0 bridgehead atoms. The van der Waals surface area contributed by atoms with Crippen molar-refractivity contribution in [3.05, 3.63) is 58.1 Å². The van der Waals surface area contributed by atoms with E-state index >= 15 is 0 Å². The maximum Gasteiger partial charge on any atom is 0.310 e. The molecule has 0 saturated heterocycles. The summed E-state index contributed by atoms with van der Waals surface area (Å²) in [6, 6.07) is 6.90. The second-order valence-electron chi connectivity index (χ2n) is 4.71. The minimum atomic E-state index is -0.992. The molecule has 0 aliphatic rings. The highest BCUT2D eigenvalue weighted by molar-refractivity contribution is 9.10. The molecule has 20 heavy (non-hydrogen) atoms. The van der Waals surface area contributed by atoms with Gasteiger partial charge >= 0.3 is 5.97 Å². The Bertz CT molecular complexity index is 537. The summed E-state index contributed by atoms with van der Waals surface area (Å²) in [7, 11) is 0. The summed E-state index contributed by atoms with van der Waals surface area (Å²) in [6.45, 7) is 3.85. The topological polar surface area (TPSA) is 54.4 Å². The van der Waals surface area contributed by atoms with Crippen LogP contribution in [-0.4, -0.2) is 16.9 Å². The lowest BCUT2D eigenvalue weighted by molar-refractivity contribution is -0.140. The molecule has 0 saturated carbocycles. The average Bonchev–Trinajstić information content (AvgIpc) is 2.37. The van der Waals surface area contributed by atoms with E-state index < -0.39 is 11.9 Å². The molecule has 0 amide bonds. The van der Waals surface area contributed by atoms with Crippen LogP contribution in [-0.2, 0) is 4.79 Å². The van der Waals surface area contributed by atoms with E-state index in [4.69, 9.17) is 5.11 Å². The lowest BCUT2D eigenvalue weighted by Crippen LogP contribution is -2.16. The molecule has 1 aromatic carbocycles. The zero-order valence-electron chi connectivity index (χ0n) is 11.5. The number of rotatable bonds is 6. The molecule has 4 heteroatoms. The van der Waals surface area contributed by atoms with Crippen molar-refractivity contribution in [2.75, 3.05) is 0 Å². The second-order valence-corrected chi connectivity index (χ2v) is 5.62. The fraction of sp³-hybridized carbons (Fsp3) is 0.250. The summed E-state index contributed by atoms with van der Waals surface area (Å²) >= 11 is 3.29. The van der Waals surface area contributed by atoms with Gasteiger partial charge in [0.15, 0.2) is 5.78 Å². The fourth-order valence-electron chi connectivity index (χ4n) is 1.57. The van der Waals surface area contributed by atoms with Gasteiger partial charge in [0, 0.05) is 16.5 Å². The molecule has 0 spiro atoms. The standard InChI is InChI=1S/C16H17BrO3/c1-11(2)4-3-5-13(16(19)20)10-15(18)12-6-8-14(17)9-7-12/h3-9,13H,10H2,1-2H3,(H,19,20). The zero-order chi connectivity index (χ0) is 15.1. The van der Waals surface area contributed by atoms with Gasteiger partial charge in [-0.05, 0) is 26.0 Å². The fourth-order valence-corrected chi connectivity index (χ4v) is 1.84. The van der Waals surface area contributed by atoms with Crippen molar-refractivity contribution in [1.82, 2.24) is 0 Å². The molecule has 0 aliphatic heterocycles. The largest absolute Gasteiger partial charge is 0.481 e. The SMILES string of the molecule is CC(C)=CC=CC(CC(=O)c1ccc(Br)cc1)C(=O)O. The average molecular weight is 337 g/mol. The van der Waals surface area contributed by atoms with Crippen LogP contribution in [0.15, 0.2) is 52.5 Å². The third kappa shape index (κ3) is 5.53. The van der Waals surface area contributed by atoms with Gasteiger partial charge in [-0.25, -0.2) is 0 Å². The molecule has 1 unspecified atom stereocenters. The van der Waals surface area contributed by atoms with Crippen LogP contribution in [0.2, 0.25) is 0 Å². The molecule has 0 aromatic heterocycles. The predicted molar refractivity (Wildman–Crippen MR) is 82.8 cm³/mol. The number of allylic oxidation sites excluding steroid dienone is 3. The number of ketones is 1. The van der Waals surface area contributed by atoms with Crippen molar-refractivity contribution in [2.24, 2.45) is 5.92 Å². The highest BCUT2D eigenvalue weighted by Gasteiger charge is 2.19. The second kappa shape index (κ2) is 7.80. The van der Waals surface area contributed by atoms with Gasteiger partial charge in [-0.2, -0.15) is 0 Å². The molecule has 0 fully saturated rings. The van der Waals surface area contributed by atoms with E-state index in [1.54, 1.807) is 36.4 Å². The summed E-state index contributed by atoms with van der Waals surface area (Å²) in [6.07, 6.45) is 5.01. The normalized spacial score (nSPS) is 12.2. The molecular weight excluding hydrogens is 320 g/mol. The summed E-state index contributed by atoms with van der Waals surface area (Å²) in [5, 5.41) is 9.15. The third-order valence-corrected chi connectivity index (χ3v) is 3.19. The number of benzene rings is 1. The van der Waals surface area contributed by atoms with Gasteiger partial charge < -0.3 is 5.11 Å². The van der Waals surface area contributed by atoms with E-state index in [0.29, 0.717) is 5.56 Å². The summed E-state index contributed by atoms with van der Waals surface area (Å²) in [5.41, 5.74) is 1.60. The van der Waals surface area contributed by atoms with Crippen LogP contribution in [0, 0.1) is 5.92 Å². The molecular formula is C16H17BrO3. The Morgan fingerprint density at radius 1 is 1.25 bits per heavy atom. The van der Waals surface area contributed by atoms with Crippen LogP contribution >= 0.6 is 15.9 Å². The first kappa shape index (κ1) is 16.4. The van der Waals surface area contributed by atoms with Crippen LogP contribution in [0.4, 0.5) is 0 Å². The number of Topliss-reactive ketones (excluding diaryl/α,β-unsaturated/α-hetero) is 1. The van der Waals surface area contributed by atoms with Gasteiger partial charge in [-0.15, -0.1) is 0 Å². The van der Waals surface area contributed by atoms with Gasteiger partial charge in [0.1, 0.15) is 0 Å². The van der Waals surface area contributed by atoms with Gasteiger partial charge in [0.25, 0.3) is 0 Å². The van der Waals surface area contributed by atoms with Crippen LogP contribution in [0.3, 0.4) is 0 Å². The van der Waals surface area contributed by atoms with Crippen LogP contribution in [0.25, 0.3) is 0 Å². The number of carbonyl (C=O) groups excluding carboxylic acids is 1. The van der Waals surface area contributed by atoms with Crippen molar-refractivity contribution < 1.29 is 14.7 Å². The van der Waals surface area contributed by atoms with E-state index in [9.17, 15) is 9.59 Å². The maximum absolute atomic E-state index is 12.0. The zero-order valence-corrected chi connectivity index (χ0v) is 13.1. The Hall–Kier alpha value is -1.68. The van der Waals surface area contributed by atoms with E-state index in [-0.39, 0.29) is 12.2 Å². The Balaban J connectivity index is 2.78. The van der Waals surface area contributed by atoms with Crippen molar-refractivity contribution in [3.8, 4) is 0 Å². The predicted octanol–water partition coefficient (Wildman–Crippen LogP) is 4.25. The van der Waals surface area contributed by atoms with Crippen molar-refractivity contribution >= 4 is 27.7 Å². The van der Waals surface area contributed by atoms with Crippen LogP contribution in [0.1, 0.15) is 30.6 Å². The lowest BCUT2D eigenvalue weighted by atomic mass is 9.97. The van der Waals surface area contributed by atoms with Gasteiger partial charge in [0.05, 0.1) is 5.92 Å². The van der Waals surface area contributed by atoms with E-state index in [0.717, 1.165) is 10.0 Å². The molecule has 1 aromatic rings. The minimum absolute atomic E-state index is 0.0376. The van der Waals surface area contributed by atoms with E-state index in [2.05, 4.69) is 15.9 Å². The molecule has 1 rings (SSSR count). The summed E-state index contributed by atoms with van der Waals surface area (Å²) in [5.74, 6) is -1.97. The Morgan fingerprint density at radius 3 is 2.35 bits per heavy atom. The first-order chi connectivity index (χ1) is 9.40. The molecule has 0 aliphatic carbocycles. The Kier molecular flexibility index (Phi) is 6.39. The third-order valence-electron chi connectivity index (χ3n) is 2.66. The molecule has 1 atom stereocenters. The number of carboxylic acids is 1. The maximum atomic E-state index is 12.0. The van der Waals surface area contributed by atoms with Gasteiger partial charge in [-0.1, -0.05) is 51.9 Å². The van der Waals surface area contributed by atoms with Crippen molar-refractivity contribution in [2.45, 2.75) is 20.3 Å². The molecule has 0 radical (unpaired) electrons. The minimum Gasteiger partial charge on any atom is -0.481 e. The number of hydrogen-bond acceptors (Lipinski definition) is 2. The smallest absolute Gasteiger partial charge is 0.310 e. The number of carboxylic acid groups (broad SMARTS) is 1. The number of halogens is 1. The number of carbonyl (C=O) groups is 2. The first-order valence-electron chi connectivity index (χ1n) is 6.23. The number of aliphatic carboxylic acids is 1. The first-order valence-corrected chi connectivity index (χ1v) is 7.02. The van der Waals surface area contributed by atoms with Gasteiger partial charge in [-0.3, -0.25) is 9.59 Å². The summed E-state index contributed by atoms with van der Waals surface area (Å²) < 4.78 is 0.882. The molecule has 106 valence electrons. The molecule has 1 N–H and O–H groups in total. The molecule has 3 nitrogen and oxygen atoms in total. The highest BCUT2D eigenvalue weighted by atomic mass is 79.9. The molecule has 0 heterocycles. The highest BCUT2D eigenvalue weighted by Crippen LogP contribution is 2.15. The van der Waals surface area contributed by atoms with E-state index in [1.165, 1.54) is 0 Å². The lowest BCUT2D eigenvalue weighted by Gasteiger charge is -2.06. The van der Waals surface area contributed by atoms with E-state index in [1.807, 2.05) is 19.9 Å². The Morgan fingerprint density at radius 2 is 1.85 bits per heavy atom. The van der Waals surface area contributed by atoms with Crippen molar-refractivity contribution in [1.29, 1.82) is 0 Å². The summed E-state index contributed by atoms with van der Waals surface area (Å²) in [4.78, 5) is 23.2. The van der Waals surface area contributed by atoms with Crippen LogP contribution < -0.4 is 0 Å². The number of hydrogen-bond donors (Lipinski definition) is 1.